The van der Waals surface area contributed by atoms with Crippen molar-refractivity contribution in [1.82, 2.24) is 4.98 Å². The molecule has 0 amide bonds. The van der Waals surface area contributed by atoms with Gasteiger partial charge in [-0.05, 0) is 76.7 Å². The number of aromatic nitrogens is 1. The van der Waals surface area contributed by atoms with Crippen molar-refractivity contribution < 1.29 is 9.15 Å². The molecule has 5 nitrogen and oxygen atoms in total. The van der Waals surface area contributed by atoms with E-state index in [0.717, 1.165) is 45.6 Å². The van der Waals surface area contributed by atoms with Crippen molar-refractivity contribution in [2.45, 2.75) is 12.5 Å². The van der Waals surface area contributed by atoms with Gasteiger partial charge >= 0.3 is 0 Å². The average molecular weight is 527 g/mol. The lowest BCUT2D eigenvalue weighted by molar-refractivity contribution is 0.415. The van der Waals surface area contributed by atoms with Crippen LogP contribution in [0.1, 0.15) is 23.8 Å². The van der Waals surface area contributed by atoms with E-state index in [1.807, 2.05) is 41.4 Å². The summed E-state index contributed by atoms with van der Waals surface area (Å²) < 4.78 is 12.2. The zero-order valence-corrected chi connectivity index (χ0v) is 19.1. The minimum atomic E-state index is -0.0205. The van der Waals surface area contributed by atoms with Gasteiger partial charge in [0.1, 0.15) is 17.6 Å². The van der Waals surface area contributed by atoms with Crippen LogP contribution in [-0.2, 0) is 0 Å². The Morgan fingerprint density at radius 1 is 1.07 bits per heavy atom. The van der Waals surface area contributed by atoms with Crippen LogP contribution in [0, 0.1) is 3.57 Å². The SMILES string of the molecule is COc1ccc(C2=NN(c3nc(-c4ccc(I)cc4)cs3)[C@@H](c3ccco3)C2)cc1. The number of hydrazone groups is 1. The molecule has 1 aliphatic rings. The van der Waals surface area contributed by atoms with Crippen LogP contribution in [0.3, 0.4) is 0 Å². The molecule has 0 aliphatic carbocycles. The molecular formula is C23H18IN3O2S. The molecule has 0 radical (unpaired) electrons. The van der Waals surface area contributed by atoms with Crippen LogP contribution in [0.15, 0.2) is 81.8 Å². The zero-order chi connectivity index (χ0) is 20.5. The van der Waals surface area contributed by atoms with Crippen LogP contribution >= 0.6 is 33.9 Å². The summed E-state index contributed by atoms with van der Waals surface area (Å²) in [4.78, 5) is 4.88. The minimum absolute atomic E-state index is 0.0205. The molecule has 1 aliphatic heterocycles. The molecule has 2 aromatic heterocycles. The Morgan fingerprint density at radius 2 is 1.83 bits per heavy atom. The fourth-order valence-corrected chi connectivity index (χ4v) is 4.66. The molecule has 0 fully saturated rings. The van der Waals surface area contributed by atoms with Gasteiger partial charge in [0.2, 0.25) is 5.13 Å². The third kappa shape index (κ3) is 3.75. The molecule has 30 heavy (non-hydrogen) atoms. The summed E-state index contributed by atoms with van der Waals surface area (Å²) in [6.07, 6.45) is 2.45. The molecule has 0 spiro atoms. The van der Waals surface area contributed by atoms with E-state index in [0.29, 0.717) is 0 Å². The predicted octanol–water partition coefficient (Wildman–Crippen LogP) is 6.37. The Balaban J connectivity index is 1.50. The highest BCUT2D eigenvalue weighted by Crippen LogP contribution is 2.39. The number of rotatable bonds is 5. The summed E-state index contributed by atoms with van der Waals surface area (Å²) in [7, 11) is 1.67. The van der Waals surface area contributed by atoms with Gasteiger partial charge in [0.25, 0.3) is 0 Å². The van der Waals surface area contributed by atoms with E-state index in [1.165, 1.54) is 3.57 Å². The maximum absolute atomic E-state index is 5.74. The lowest BCUT2D eigenvalue weighted by atomic mass is 10.0. The van der Waals surface area contributed by atoms with Gasteiger partial charge in [-0.15, -0.1) is 11.3 Å². The summed E-state index contributed by atoms with van der Waals surface area (Å²) in [6.45, 7) is 0. The van der Waals surface area contributed by atoms with Gasteiger partial charge in [-0.1, -0.05) is 12.1 Å². The van der Waals surface area contributed by atoms with E-state index >= 15 is 0 Å². The number of methoxy groups -OCH3 is 1. The van der Waals surface area contributed by atoms with E-state index < -0.39 is 0 Å². The third-order valence-electron chi connectivity index (χ3n) is 5.03. The Morgan fingerprint density at radius 3 is 2.53 bits per heavy atom. The maximum atomic E-state index is 5.74. The van der Waals surface area contributed by atoms with Crippen LogP contribution in [0.5, 0.6) is 5.75 Å². The van der Waals surface area contributed by atoms with Gasteiger partial charge in [-0.3, -0.25) is 0 Å². The fourth-order valence-electron chi connectivity index (χ4n) is 3.47. The Labute approximate surface area is 192 Å². The first-order valence-electron chi connectivity index (χ1n) is 9.47. The standard InChI is InChI=1S/C23H18IN3O2S/c1-28-18-10-6-15(7-11-18)19-13-21(22-3-2-12-29-22)27(26-19)23-25-20(14-30-23)16-4-8-17(24)9-5-16/h2-12,14,21H,13H2,1H3/t21-/m1/s1. The fraction of sp³-hybridized carbons (Fsp3) is 0.130. The number of nitrogens with zero attached hydrogens (tertiary/aromatic N) is 3. The van der Waals surface area contributed by atoms with Crippen LogP contribution in [0.2, 0.25) is 0 Å². The molecular weight excluding hydrogens is 509 g/mol. The number of benzene rings is 2. The van der Waals surface area contributed by atoms with Crippen LogP contribution in [0.25, 0.3) is 11.3 Å². The highest BCUT2D eigenvalue weighted by atomic mass is 127. The Bertz CT molecular complexity index is 1170. The molecule has 0 bridgehead atoms. The van der Waals surface area contributed by atoms with Crippen molar-refractivity contribution >= 4 is 44.8 Å². The van der Waals surface area contributed by atoms with Crippen LogP contribution in [0.4, 0.5) is 5.13 Å². The number of furan rings is 1. The van der Waals surface area contributed by atoms with Gasteiger partial charge in [0.05, 0.1) is 24.8 Å². The van der Waals surface area contributed by atoms with Gasteiger partial charge < -0.3 is 9.15 Å². The Hall–Kier alpha value is -2.65. The van der Waals surface area contributed by atoms with Crippen molar-refractivity contribution in [1.29, 1.82) is 0 Å². The van der Waals surface area contributed by atoms with Crippen molar-refractivity contribution in [3.63, 3.8) is 0 Å². The number of halogens is 1. The normalized spacial score (nSPS) is 16.0. The first-order valence-corrected chi connectivity index (χ1v) is 11.4. The summed E-state index contributed by atoms with van der Waals surface area (Å²) >= 11 is 3.90. The number of hydrogen-bond donors (Lipinski definition) is 0. The Kier molecular flexibility index (Phi) is 5.30. The molecule has 5 rings (SSSR count). The van der Waals surface area contributed by atoms with Crippen LogP contribution in [-0.4, -0.2) is 17.8 Å². The summed E-state index contributed by atoms with van der Waals surface area (Å²) in [5.74, 6) is 1.71. The lowest BCUT2D eigenvalue weighted by Gasteiger charge is -2.18. The second kappa shape index (κ2) is 8.23. The summed E-state index contributed by atoms with van der Waals surface area (Å²) in [6, 6.07) is 20.3. The maximum Gasteiger partial charge on any atom is 0.207 e. The van der Waals surface area contributed by atoms with Crippen LogP contribution < -0.4 is 9.75 Å². The molecule has 7 heteroatoms. The lowest BCUT2D eigenvalue weighted by Crippen LogP contribution is -2.17. The minimum Gasteiger partial charge on any atom is -0.497 e. The molecule has 1 atom stereocenters. The highest BCUT2D eigenvalue weighted by Gasteiger charge is 2.33. The number of anilines is 1. The van der Waals surface area contributed by atoms with Crippen molar-refractivity contribution in [3.8, 4) is 17.0 Å². The monoisotopic (exact) mass is 527 g/mol. The van der Waals surface area contributed by atoms with Gasteiger partial charge in [-0.2, -0.15) is 5.10 Å². The van der Waals surface area contributed by atoms with Crippen molar-refractivity contribution in [3.05, 3.63) is 87.2 Å². The van der Waals surface area contributed by atoms with E-state index in [9.17, 15) is 0 Å². The van der Waals surface area contributed by atoms with Gasteiger partial charge in [-0.25, -0.2) is 9.99 Å². The van der Waals surface area contributed by atoms with Crippen molar-refractivity contribution in [2.24, 2.45) is 5.10 Å². The topological polar surface area (TPSA) is 50.9 Å². The molecule has 0 saturated carbocycles. The highest BCUT2D eigenvalue weighted by molar-refractivity contribution is 14.1. The molecule has 4 aromatic rings. The summed E-state index contributed by atoms with van der Waals surface area (Å²) in [5.41, 5.74) is 4.14. The molecule has 150 valence electrons. The smallest absolute Gasteiger partial charge is 0.207 e. The average Bonchev–Trinajstić information content (AvgIpc) is 3.54. The first-order chi connectivity index (χ1) is 14.7. The van der Waals surface area contributed by atoms with Gasteiger partial charge in [0, 0.05) is 20.9 Å². The summed E-state index contributed by atoms with van der Waals surface area (Å²) in [5, 5.41) is 9.86. The molecule has 0 N–H and O–H groups in total. The second-order valence-corrected chi connectivity index (χ2v) is 8.96. The molecule has 3 heterocycles. The van der Waals surface area contributed by atoms with Gasteiger partial charge in [0.15, 0.2) is 0 Å². The number of thiazole rings is 1. The molecule has 0 saturated heterocycles. The third-order valence-corrected chi connectivity index (χ3v) is 6.58. The first kappa shape index (κ1) is 19.3. The largest absolute Gasteiger partial charge is 0.497 e. The number of hydrogen-bond acceptors (Lipinski definition) is 6. The van der Waals surface area contributed by atoms with E-state index in [1.54, 1.807) is 24.7 Å². The zero-order valence-electron chi connectivity index (χ0n) is 16.2. The number of ether oxygens (including phenoxy) is 1. The van der Waals surface area contributed by atoms with E-state index in [-0.39, 0.29) is 6.04 Å². The molecule has 0 unspecified atom stereocenters. The van der Waals surface area contributed by atoms with Crippen molar-refractivity contribution in [2.75, 3.05) is 12.1 Å². The molecule has 2 aromatic carbocycles. The van der Waals surface area contributed by atoms with E-state index in [4.69, 9.17) is 19.2 Å². The second-order valence-electron chi connectivity index (χ2n) is 6.88. The quantitative estimate of drug-likeness (QED) is 0.283. The van der Waals surface area contributed by atoms with E-state index in [2.05, 4.69) is 52.2 Å². The predicted molar refractivity (Wildman–Crippen MR) is 128 cm³/mol.